The van der Waals surface area contributed by atoms with Gasteiger partial charge in [0.15, 0.2) is 0 Å². The number of ether oxygens (including phenoxy) is 1. The van der Waals surface area contributed by atoms with Crippen LogP contribution in [0.25, 0.3) is 0 Å². The number of nitrogens with one attached hydrogen (secondary N) is 1. The van der Waals surface area contributed by atoms with Crippen LogP contribution in [0.4, 0.5) is 5.69 Å². The van der Waals surface area contributed by atoms with E-state index >= 15 is 0 Å². The molecule has 0 aliphatic rings. The van der Waals surface area contributed by atoms with E-state index in [2.05, 4.69) is 12.2 Å². The number of anilines is 1. The van der Waals surface area contributed by atoms with Crippen LogP contribution in [0.5, 0.6) is 5.75 Å². The number of hydrogen-bond acceptors (Lipinski definition) is 4. The fraction of sp³-hybridized carbons (Fsp3) is 0.269. The molecule has 0 bridgehead atoms. The minimum Gasteiger partial charge on any atom is -0.495 e. The summed E-state index contributed by atoms with van der Waals surface area (Å²) in [5.74, 6) is 0.152. The molecule has 3 rings (SSSR count). The lowest BCUT2D eigenvalue weighted by atomic mass is 10.1. The molecule has 0 aliphatic heterocycles. The van der Waals surface area contributed by atoms with Gasteiger partial charge in [0.2, 0.25) is 0 Å². The predicted molar refractivity (Wildman–Crippen MR) is 131 cm³/mol. The first-order valence-electron chi connectivity index (χ1n) is 11.0. The summed E-state index contributed by atoms with van der Waals surface area (Å²) < 4.78 is 34.5. The Hall–Kier alpha value is -3.32. The molecule has 0 radical (unpaired) electrons. The second-order valence-corrected chi connectivity index (χ2v) is 9.72. The van der Waals surface area contributed by atoms with E-state index in [1.807, 2.05) is 37.3 Å². The fourth-order valence-electron chi connectivity index (χ4n) is 3.62. The van der Waals surface area contributed by atoms with E-state index in [0.29, 0.717) is 17.0 Å². The molecule has 3 aromatic carbocycles. The van der Waals surface area contributed by atoms with Gasteiger partial charge in [-0.25, -0.2) is 8.42 Å². The Bertz CT molecular complexity index is 1180. The normalized spacial score (nSPS) is 12.1. The van der Waals surface area contributed by atoms with Crippen molar-refractivity contribution in [2.24, 2.45) is 0 Å². The minimum atomic E-state index is -4.01. The van der Waals surface area contributed by atoms with Gasteiger partial charge in [-0.3, -0.25) is 9.10 Å². The monoisotopic (exact) mass is 466 g/mol. The average molecular weight is 467 g/mol. The highest BCUT2D eigenvalue weighted by Crippen LogP contribution is 2.33. The van der Waals surface area contributed by atoms with E-state index in [-0.39, 0.29) is 23.4 Å². The third-order valence-corrected chi connectivity index (χ3v) is 7.06. The van der Waals surface area contributed by atoms with E-state index < -0.39 is 10.0 Å². The molecule has 6 nitrogen and oxygen atoms in total. The number of carbonyl (C=O) groups excluding carboxylic acids is 1. The van der Waals surface area contributed by atoms with E-state index in [9.17, 15) is 13.2 Å². The van der Waals surface area contributed by atoms with Gasteiger partial charge >= 0.3 is 0 Å². The molecule has 1 amide bonds. The smallest absolute Gasteiger partial charge is 0.264 e. The lowest BCUT2D eigenvalue weighted by Crippen LogP contribution is -2.33. The molecular formula is C26H30N2O4S. The van der Waals surface area contributed by atoms with Crippen LogP contribution in [0.3, 0.4) is 0 Å². The third kappa shape index (κ3) is 5.93. The standard InChI is InChI=1S/C26H30N2O4S/c1-4-11-20(2)27-26(29)22-14-10-15-23(18-22)33(30,31)28(19-21-12-6-5-7-13-21)24-16-8-9-17-25(24)32-3/h5-10,12-18,20H,4,11,19H2,1-3H3,(H,27,29). The zero-order valence-corrected chi connectivity index (χ0v) is 20.0. The summed E-state index contributed by atoms with van der Waals surface area (Å²) in [7, 11) is -2.50. The van der Waals surface area contributed by atoms with Gasteiger partial charge in [0.1, 0.15) is 5.75 Å². The first kappa shape index (κ1) is 24.3. The van der Waals surface area contributed by atoms with Gasteiger partial charge in [-0.1, -0.05) is 61.9 Å². The molecule has 1 unspecified atom stereocenters. The summed E-state index contributed by atoms with van der Waals surface area (Å²) in [6.45, 7) is 4.10. The van der Waals surface area contributed by atoms with Gasteiger partial charge in [-0.2, -0.15) is 0 Å². The molecule has 1 atom stereocenters. The van der Waals surface area contributed by atoms with Crippen LogP contribution in [0.15, 0.2) is 83.8 Å². The molecule has 0 heterocycles. The minimum absolute atomic E-state index is 0.00548. The maximum Gasteiger partial charge on any atom is 0.264 e. The Morgan fingerprint density at radius 1 is 1.00 bits per heavy atom. The molecule has 174 valence electrons. The topological polar surface area (TPSA) is 75.7 Å². The Morgan fingerprint density at radius 2 is 1.70 bits per heavy atom. The van der Waals surface area contributed by atoms with Crippen molar-refractivity contribution < 1.29 is 17.9 Å². The molecule has 7 heteroatoms. The van der Waals surface area contributed by atoms with Crippen molar-refractivity contribution in [2.45, 2.75) is 44.2 Å². The SMILES string of the molecule is CCCC(C)NC(=O)c1cccc(S(=O)(=O)N(Cc2ccccc2)c2ccccc2OC)c1. The second-order valence-electron chi connectivity index (χ2n) is 7.86. The number of para-hydroxylation sites is 2. The number of hydrogen-bond donors (Lipinski definition) is 1. The predicted octanol–water partition coefficient (Wildman–Crippen LogP) is 5.01. The van der Waals surface area contributed by atoms with Crippen LogP contribution >= 0.6 is 0 Å². The van der Waals surface area contributed by atoms with Gasteiger partial charge < -0.3 is 10.1 Å². The Labute approximate surface area is 196 Å². The van der Waals surface area contributed by atoms with Crippen molar-refractivity contribution in [1.29, 1.82) is 0 Å². The largest absolute Gasteiger partial charge is 0.495 e. The first-order valence-corrected chi connectivity index (χ1v) is 12.4. The molecule has 0 spiro atoms. The summed E-state index contributed by atoms with van der Waals surface area (Å²) in [6, 6.07) is 22.5. The Kier molecular flexibility index (Phi) is 8.11. The van der Waals surface area contributed by atoms with E-state index in [4.69, 9.17) is 4.74 Å². The van der Waals surface area contributed by atoms with Crippen molar-refractivity contribution in [3.63, 3.8) is 0 Å². The fourth-order valence-corrected chi connectivity index (χ4v) is 5.13. The number of amides is 1. The van der Waals surface area contributed by atoms with Crippen molar-refractivity contribution in [2.75, 3.05) is 11.4 Å². The van der Waals surface area contributed by atoms with Crippen LogP contribution in [0, 0.1) is 0 Å². The molecule has 0 saturated carbocycles. The molecule has 0 saturated heterocycles. The first-order chi connectivity index (χ1) is 15.9. The van der Waals surface area contributed by atoms with Crippen molar-refractivity contribution >= 4 is 21.6 Å². The molecule has 0 aliphatic carbocycles. The zero-order chi connectivity index (χ0) is 23.8. The van der Waals surface area contributed by atoms with Crippen LogP contribution in [-0.2, 0) is 16.6 Å². The van der Waals surface area contributed by atoms with Gasteiger partial charge in [0.25, 0.3) is 15.9 Å². The van der Waals surface area contributed by atoms with Crippen LogP contribution in [-0.4, -0.2) is 27.5 Å². The summed E-state index contributed by atoms with van der Waals surface area (Å²) in [4.78, 5) is 12.7. The number of nitrogens with zero attached hydrogens (tertiary/aromatic N) is 1. The maximum atomic E-state index is 13.8. The number of carbonyl (C=O) groups is 1. The van der Waals surface area contributed by atoms with Crippen LogP contribution in [0.2, 0.25) is 0 Å². The molecule has 1 N–H and O–H groups in total. The maximum absolute atomic E-state index is 13.8. The number of sulfonamides is 1. The summed E-state index contributed by atoms with van der Waals surface area (Å²) in [5.41, 5.74) is 1.56. The Morgan fingerprint density at radius 3 is 2.39 bits per heavy atom. The van der Waals surface area contributed by atoms with E-state index in [0.717, 1.165) is 18.4 Å². The van der Waals surface area contributed by atoms with Gasteiger partial charge in [0, 0.05) is 11.6 Å². The Balaban J connectivity index is 2.02. The number of rotatable bonds is 10. The molecule has 33 heavy (non-hydrogen) atoms. The molecular weight excluding hydrogens is 436 g/mol. The summed E-state index contributed by atoms with van der Waals surface area (Å²) in [5, 5.41) is 2.93. The highest BCUT2D eigenvalue weighted by atomic mass is 32.2. The lowest BCUT2D eigenvalue weighted by molar-refractivity contribution is 0.0938. The highest BCUT2D eigenvalue weighted by Gasteiger charge is 2.28. The van der Waals surface area contributed by atoms with Gasteiger partial charge in [-0.15, -0.1) is 0 Å². The van der Waals surface area contributed by atoms with E-state index in [1.165, 1.54) is 23.5 Å². The molecule has 0 aromatic heterocycles. The quantitative estimate of drug-likeness (QED) is 0.456. The summed E-state index contributed by atoms with van der Waals surface area (Å²) in [6.07, 6.45) is 1.80. The van der Waals surface area contributed by atoms with Crippen molar-refractivity contribution in [1.82, 2.24) is 5.32 Å². The second kappa shape index (κ2) is 11.0. The third-order valence-electron chi connectivity index (χ3n) is 5.31. The van der Waals surface area contributed by atoms with E-state index in [1.54, 1.807) is 36.4 Å². The van der Waals surface area contributed by atoms with Gasteiger partial charge in [0.05, 0.1) is 24.2 Å². The summed E-state index contributed by atoms with van der Waals surface area (Å²) >= 11 is 0. The highest BCUT2D eigenvalue weighted by molar-refractivity contribution is 7.92. The molecule has 3 aromatic rings. The lowest BCUT2D eigenvalue weighted by Gasteiger charge is -2.26. The van der Waals surface area contributed by atoms with Gasteiger partial charge in [-0.05, 0) is 49.2 Å². The average Bonchev–Trinajstić information content (AvgIpc) is 2.83. The molecule has 0 fully saturated rings. The zero-order valence-electron chi connectivity index (χ0n) is 19.2. The van der Waals surface area contributed by atoms with Crippen LogP contribution < -0.4 is 14.4 Å². The van der Waals surface area contributed by atoms with Crippen LogP contribution in [0.1, 0.15) is 42.6 Å². The van der Waals surface area contributed by atoms with Crippen molar-refractivity contribution in [3.05, 3.63) is 90.0 Å². The number of methoxy groups -OCH3 is 1. The number of benzene rings is 3. The van der Waals surface area contributed by atoms with Crippen molar-refractivity contribution in [3.8, 4) is 5.75 Å².